The maximum Gasteiger partial charge on any atom is 0.317 e. The minimum atomic E-state index is -0.725. The summed E-state index contributed by atoms with van der Waals surface area (Å²) in [6.07, 6.45) is 6.35. The monoisotopic (exact) mass is 388 g/mol. The smallest absolute Gasteiger partial charge is 0.317 e. The lowest BCUT2D eigenvalue weighted by Crippen LogP contribution is -2.54. The van der Waals surface area contributed by atoms with Crippen molar-refractivity contribution < 1.29 is 9.90 Å². The van der Waals surface area contributed by atoms with E-state index in [4.69, 9.17) is 16.7 Å². The summed E-state index contributed by atoms with van der Waals surface area (Å²) in [4.78, 5) is 13.3. The number of nitrogens with zero attached hydrogens (tertiary/aromatic N) is 2. The van der Waals surface area contributed by atoms with Crippen LogP contribution in [0.4, 0.5) is 0 Å². The molecular formula is C20H25ClN4O2. The zero-order valence-electron chi connectivity index (χ0n) is 15.2. The van der Waals surface area contributed by atoms with Crippen LogP contribution in [0.5, 0.6) is 0 Å². The lowest BCUT2D eigenvalue weighted by atomic mass is 9.85. The number of carboxylic acids is 1. The van der Waals surface area contributed by atoms with Crippen LogP contribution in [0.25, 0.3) is 11.3 Å². The van der Waals surface area contributed by atoms with Gasteiger partial charge in [0, 0.05) is 41.3 Å². The molecule has 0 radical (unpaired) electrons. The average molecular weight is 389 g/mol. The molecule has 2 aliphatic rings. The lowest BCUT2D eigenvalue weighted by molar-refractivity contribution is -0.139. The van der Waals surface area contributed by atoms with E-state index in [0.29, 0.717) is 23.0 Å². The molecule has 0 saturated heterocycles. The summed E-state index contributed by atoms with van der Waals surface area (Å²) < 4.78 is 0. The van der Waals surface area contributed by atoms with Crippen LogP contribution >= 0.6 is 11.6 Å². The van der Waals surface area contributed by atoms with Crippen LogP contribution in [0.2, 0.25) is 5.02 Å². The Balaban J connectivity index is 1.30. The molecule has 1 heterocycles. The van der Waals surface area contributed by atoms with E-state index >= 15 is 0 Å². The van der Waals surface area contributed by atoms with Crippen LogP contribution in [0.3, 0.4) is 0 Å². The molecule has 1 aromatic heterocycles. The van der Waals surface area contributed by atoms with E-state index in [1.165, 1.54) is 12.8 Å². The molecule has 27 heavy (non-hydrogen) atoms. The number of H-pyrrole nitrogens is 1. The number of carboxylic acid groups (broad SMARTS) is 1. The Hall–Kier alpha value is -1.89. The van der Waals surface area contributed by atoms with Crippen molar-refractivity contribution in [3.05, 3.63) is 41.0 Å². The van der Waals surface area contributed by atoms with E-state index in [9.17, 15) is 4.79 Å². The maximum atomic E-state index is 11.1. The molecule has 0 bridgehead atoms. The second-order valence-electron chi connectivity index (χ2n) is 7.75. The van der Waals surface area contributed by atoms with Crippen molar-refractivity contribution in [1.29, 1.82) is 0 Å². The molecule has 2 aliphatic carbocycles. The topological polar surface area (TPSA) is 81.2 Å². The van der Waals surface area contributed by atoms with Crippen molar-refractivity contribution in [2.24, 2.45) is 5.92 Å². The Kier molecular flexibility index (Phi) is 5.48. The standard InChI is InChI=1S/C20H25ClN4O2/c21-16-3-1-2-14(6-16)20-15(10-23-24-20)9-22-17-7-18(8-17)25(12-19(26)27)11-13-4-5-13/h1-3,6,10,13,17-18,22H,4-5,7-9,11-12H2,(H,23,24)(H,26,27). The number of carbonyl (C=O) groups is 1. The van der Waals surface area contributed by atoms with Gasteiger partial charge in [-0.1, -0.05) is 23.7 Å². The van der Waals surface area contributed by atoms with Gasteiger partial charge in [-0.25, -0.2) is 0 Å². The third-order valence-corrected chi connectivity index (χ3v) is 5.80. The summed E-state index contributed by atoms with van der Waals surface area (Å²) >= 11 is 6.10. The molecule has 4 rings (SSSR count). The minimum Gasteiger partial charge on any atom is -0.480 e. The van der Waals surface area contributed by atoms with Crippen molar-refractivity contribution in [1.82, 2.24) is 20.4 Å². The predicted molar refractivity (Wildman–Crippen MR) is 105 cm³/mol. The third-order valence-electron chi connectivity index (χ3n) is 5.57. The zero-order chi connectivity index (χ0) is 18.8. The Morgan fingerprint density at radius 1 is 1.37 bits per heavy atom. The number of hydrogen-bond donors (Lipinski definition) is 3. The van der Waals surface area contributed by atoms with Gasteiger partial charge >= 0.3 is 5.97 Å². The van der Waals surface area contributed by atoms with Crippen LogP contribution in [0.1, 0.15) is 31.2 Å². The number of rotatable bonds is 9. The molecule has 144 valence electrons. The van der Waals surface area contributed by atoms with E-state index in [2.05, 4.69) is 20.4 Å². The third kappa shape index (κ3) is 4.69. The van der Waals surface area contributed by atoms with Gasteiger partial charge in [-0.2, -0.15) is 5.10 Å². The number of aromatic amines is 1. The number of hydrogen-bond acceptors (Lipinski definition) is 4. The highest BCUT2D eigenvalue weighted by Gasteiger charge is 2.36. The van der Waals surface area contributed by atoms with Crippen molar-refractivity contribution in [3.63, 3.8) is 0 Å². The second kappa shape index (κ2) is 8.00. The first kappa shape index (κ1) is 18.5. The van der Waals surface area contributed by atoms with Gasteiger partial charge < -0.3 is 10.4 Å². The van der Waals surface area contributed by atoms with Gasteiger partial charge in [0.05, 0.1) is 18.4 Å². The van der Waals surface area contributed by atoms with Gasteiger partial charge in [0.25, 0.3) is 0 Å². The maximum absolute atomic E-state index is 11.1. The highest BCUT2D eigenvalue weighted by Crippen LogP contribution is 2.34. The highest BCUT2D eigenvalue weighted by molar-refractivity contribution is 6.30. The minimum absolute atomic E-state index is 0.161. The van der Waals surface area contributed by atoms with Gasteiger partial charge in [0.2, 0.25) is 0 Å². The Bertz CT molecular complexity index is 799. The van der Waals surface area contributed by atoms with Gasteiger partial charge in [-0.3, -0.25) is 14.8 Å². The molecule has 0 aliphatic heterocycles. The van der Waals surface area contributed by atoms with Crippen LogP contribution in [0.15, 0.2) is 30.5 Å². The quantitative estimate of drug-likeness (QED) is 0.614. The highest BCUT2D eigenvalue weighted by atomic mass is 35.5. The molecule has 3 N–H and O–H groups in total. The predicted octanol–water partition coefficient (Wildman–Crippen LogP) is 3.15. The van der Waals surface area contributed by atoms with E-state index in [0.717, 1.165) is 42.8 Å². The Morgan fingerprint density at radius 3 is 2.89 bits per heavy atom. The van der Waals surface area contributed by atoms with Gasteiger partial charge in [0.15, 0.2) is 0 Å². The fourth-order valence-electron chi connectivity index (χ4n) is 3.79. The molecular weight excluding hydrogens is 364 g/mol. The summed E-state index contributed by atoms with van der Waals surface area (Å²) in [5, 5.41) is 20.7. The van der Waals surface area contributed by atoms with Crippen LogP contribution in [-0.4, -0.2) is 51.3 Å². The number of aliphatic carboxylic acids is 1. The summed E-state index contributed by atoms with van der Waals surface area (Å²) in [5.74, 6) is -0.0147. The molecule has 0 amide bonds. The second-order valence-corrected chi connectivity index (χ2v) is 8.19. The summed E-state index contributed by atoms with van der Waals surface area (Å²) in [5.41, 5.74) is 3.13. The van der Waals surface area contributed by atoms with E-state index in [1.54, 1.807) is 0 Å². The van der Waals surface area contributed by atoms with Crippen molar-refractivity contribution in [2.75, 3.05) is 13.1 Å². The number of aromatic nitrogens is 2. The molecule has 2 saturated carbocycles. The van der Waals surface area contributed by atoms with Crippen molar-refractivity contribution >= 4 is 17.6 Å². The SMILES string of the molecule is O=C(O)CN(CC1CC1)C1CC(NCc2cn[nH]c2-c2cccc(Cl)c2)C1. The molecule has 1 aromatic carbocycles. The van der Waals surface area contributed by atoms with Crippen LogP contribution < -0.4 is 5.32 Å². The van der Waals surface area contributed by atoms with Crippen molar-refractivity contribution in [2.45, 2.75) is 44.3 Å². The van der Waals surface area contributed by atoms with E-state index in [-0.39, 0.29) is 6.54 Å². The van der Waals surface area contributed by atoms with E-state index < -0.39 is 5.97 Å². The fourth-order valence-corrected chi connectivity index (χ4v) is 3.98. The van der Waals surface area contributed by atoms with Crippen LogP contribution in [0, 0.1) is 5.92 Å². The first-order valence-corrected chi connectivity index (χ1v) is 9.93. The average Bonchev–Trinajstić information content (AvgIpc) is 3.27. The molecule has 0 atom stereocenters. The first-order valence-electron chi connectivity index (χ1n) is 9.56. The molecule has 7 heteroatoms. The fraction of sp³-hybridized carbons (Fsp3) is 0.500. The Labute approximate surface area is 163 Å². The Morgan fingerprint density at radius 2 is 2.19 bits per heavy atom. The summed E-state index contributed by atoms with van der Waals surface area (Å²) in [6.45, 7) is 1.83. The van der Waals surface area contributed by atoms with Crippen LogP contribution in [-0.2, 0) is 11.3 Å². The van der Waals surface area contributed by atoms with Gasteiger partial charge in [-0.05, 0) is 43.7 Å². The largest absolute Gasteiger partial charge is 0.480 e. The number of benzene rings is 1. The summed E-state index contributed by atoms with van der Waals surface area (Å²) in [6, 6.07) is 8.55. The normalized spacial score (nSPS) is 22.0. The first-order chi connectivity index (χ1) is 13.1. The number of halogens is 1. The molecule has 2 fully saturated rings. The lowest BCUT2D eigenvalue weighted by Gasteiger charge is -2.43. The molecule has 0 unspecified atom stereocenters. The van der Waals surface area contributed by atoms with Crippen molar-refractivity contribution in [3.8, 4) is 11.3 Å². The zero-order valence-corrected chi connectivity index (χ0v) is 16.0. The molecule has 2 aromatic rings. The molecule has 6 nitrogen and oxygen atoms in total. The van der Waals surface area contributed by atoms with Gasteiger partial charge in [-0.15, -0.1) is 0 Å². The van der Waals surface area contributed by atoms with E-state index in [1.807, 2.05) is 30.5 Å². The summed E-state index contributed by atoms with van der Waals surface area (Å²) in [7, 11) is 0. The molecule has 0 spiro atoms. The number of nitrogens with one attached hydrogen (secondary N) is 2. The van der Waals surface area contributed by atoms with Gasteiger partial charge in [0.1, 0.15) is 0 Å².